The second-order valence-electron chi connectivity index (χ2n) is 4.32. The lowest BCUT2D eigenvalue weighted by molar-refractivity contribution is -0.150. The molecule has 1 saturated heterocycles. The minimum atomic E-state index is 0.287. The molecule has 2 aliphatic rings. The van der Waals surface area contributed by atoms with Crippen LogP contribution in [0, 0.1) is 0 Å². The predicted octanol–water partition coefficient (Wildman–Crippen LogP) is 0.335. The van der Waals surface area contributed by atoms with Gasteiger partial charge < -0.3 is 5.73 Å². The summed E-state index contributed by atoms with van der Waals surface area (Å²) in [5.41, 5.74) is 5.64. The quantitative estimate of drug-likeness (QED) is 0.709. The molecule has 4 nitrogen and oxygen atoms in total. The number of rotatable bonds is 3. The fourth-order valence-electron chi connectivity index (χ4n) is 2.17. The fraction of sp³-hybridized carbons (Fsp3) is 0.900. The molecule has 1 unspecified atom stereocenters. The summed E-state index contributed by atoms with van der Waals surface area (Å²) in [4.78, 5) is 11.7. The van der Waals surface area contributed by atoms with Gasteiger partial charge in [0.15, 0.2) is 0 Å². The molecule has 0 radical (unpaired) electrons. The highest BCUT2D eigenvalue weighted by Gasteiger charge is 2.38. The van der Waals surface area contributed by atoms with Gasteiger partial charge in [-0.25, -0.2) is 5.01 Å². The van der Waals surface area contributed by atoms with E-state index in [9.17, 15) is 4.79 Å². The van der Waals surface area contributed by atoms with Crippen molar-refractivity contribution in [3.05, 3.63) is 0 Å². The van der Waals surface area contributed by atoms with Crippen LogP contribution in [0.2, 0.25) is 0 Å². The lowest BCUT2D eigenvalue weighted by Crippen LogP contribution is -2.53. The fourth-order valence-corrected chi connectivity index (χ4v) is 2.17. The van der Waals surface area contributed by atoms with Crippen LogP contribution in [0.1, 0.15) is 32.6 Å². The minimum absolute atomic E-state index is 0.287. The highest BCUT2D eigenvalue weighted by atomic mass is 16.2. The number of nitrogens with zero attached hydrogens (tertiary/aromatic N) is 2. The van der Waals surface area contributed by atoms with Crippen LogP contribution < -0.4 is 5.73 Å². The molecule has 2 rings (SSSR count). The van der Waals surface area contributed by atoms with Crippen molar-refractivity contribution in [3.63, 3.8) is 0 Å². The van der Waals surface area contributed by atoms with Crippen molar-refractivity contribution >= 4 is 5.91 Å². The van der Waals surface area contributed by atoms with E-state index in [4.69, 9.17) is 5.73 Å². The highest BCUT2D eigenvalue weighted by Crippen LogP contribution is 2.30. The van der Waals surface area contributed by atoms with Crippen LogP contribution >= 0.6 is 0 Å². The summed E-state index contributed by atoms with van der Waals surface area (Å²) in [7, 11) is 0. The van der Waals surface area contributed by atoms with Gasteiger partial charge in [-0.3, -0.25) is 9.80 Å². The Kier molecular flexibility index (Phi) is 2.74. The van der Waals surface area contributed by atoms with Crippen LogP contribution in [0.3, 0.4) is 0 Å². The molecule has 0 spiro atoms. The lowest BCUT2D eigenvalue weighted by atomic mass is 9.92. The van der Waals surface area contributed by atoms with Gasteiger partial charge in [0.2, 0.25) is 5.91 Å². The zero-order valence-electron chi connectivity index (χ0n) is 8.78. The van der Waals surface area contributed by atoms with Crippen molar-refractivity contribution in [3.8, 4) is 0 Å². The number of carbonyl (C=O) groups is 1. The zero-order valence-corrected chi connectivity index (χ0v) is 8.78. The van der Waals surface area contributed by atoms with Gasteiger partial charge in [-0.05, 0) is 26.2 Å². The van der Waals surface area contributed by atoms with Gasteiger partial charge in [0, 0.05) is 31.6 Å². The first-order valence-corrected chi connectivity index (χ1v) is 5.52. The van der Waals surface area contributed by atoms with Crippen LogP contribution in [0.15, 0.2) is 0 Å². The number of carbonyl (C=O) groups excluding carboxylic acids is 1. The molecule has 0 aromatic heterocycles. The molecule has 0 aromatic rings. The molecule has 1 amide bonds. The molecule has 2 N–H and O–H groups in total. The van der Waals surface area contributed by atoms with Gasteiger partial charge in [-0.1, -0.05) is 0 Å². The number of nitrogens with two attached hydrogens (primary N) is 1. The maximum atomic E-state index is 11.7. The van der Waals surface area contributed by atoms with Crippen LogP contribution in [-0.2, 0) is 4.79 Å². The van der Waals surface area contributed by atoms with E-state index in [1.807, 2.05) is 5.01 Å². The van der Waals surface area contributed by atoms with Crippen molar-refractivity contribution in [1.82, 2.24) is 10.0 Å². The summed E-state index contributed by atoms with van der Waals surface area (Å²) in [6.45, 7) is 3.56. The van der Waals surface area contributed by atoms with Gasteiger partial charge in [-0.2, -0.15) is 0 Å². The maximum absolute atomic E-state index is 11.7. The third kappa shape index (κ3) is 1.53. The highest BCUT2D eigenvalue weighted by molar-refractivity contribution is 5.78. The largest absolute Gasteiger partial charge is 0.329 e. The van der Waals surface area contributed by atoms with E-state index < -0.39 is 0 Å². The molecule has 1 aliphatic heterocycles. The Hall–Kier alpha value is -0.610. The van der Waals surface area contributed by atoms with E-state index >= 15 is 0 Å². The monoisotopic (exact) mass is 197 g/mol. The third-order valence-electron chi connectivity index (χ3n) is 3.36. The van der Waals surface area contributed by atoms with Gasteiger partial charge in [-0.15, -0.1) is 0 Å². The topological polar surface area (TPSA) is 49.6 Å². The Labute approximate surface area is 85.0 Å². The molecular weight excluding hydrogens is 178 g/mol. The molecule has 1 heterocycles. The summed E-state index contributed by atoms with van der Waals surface area (Å²) >= 11 is 0. The molecule has 14 heavy (non-hydrogen) atoms. The van der Waals surface area contributed by atoms with Crippen molar-refractivity contribution in [2.24, 2.45) is 5.73 Å². The molecule has 0 aromatic carbocycles. The Morgan fingerprint density at radius 2 is 2.29 bits per heavy atom. The van der Waals surface area contributed by atoms with E-state index in [2.05, 4.69) is 11.9 Å². The standard InChI is InChI=1S/C10H19N3O/c1-8(7-11)12-6-5-10(14)13(12)9-3-2-4-9/h8-9H,2-7,11H2,1H3. The zero-order chi connectivity index (χ0) is 10.1. The second-order valence-corrected chi connectivity index (χ2v) is 4.32. The summed E-state index contributed by atoms with van der Waals surface area (Å²) in [6.07, 6.45) is 4.26. The summed E-state index contributed by atoms with van der Waals surface area (Å²) in [5.74, 6) is 0.287. The number of hydrazine groups is 1. The van der Waals surface area contributed by atoms with E-state index in [-0.39, 0.29) is 5.91 Å². The second kappa shape index (κ2) is 3.87. The van der Waals surface area contributed by atoms with E-state index in [0.717, 1.165) is 6.54 Å². The average molecular weight is 197 g/mol. The van der Waals surface area contributed by atoms with Gasteiger partial charge in [0.1, 0.15) is 0 Å². The van der Waals surface area contributed by atoms with Crippen molar-refractivity contribution < 1.29 is 4.79 Å². The predicted molar refractivity (Wildman–Crippen MR) is 54.3 cm³/mol. The first-order valence-electron chi connectivity index (χ1n) is 5.52. The number of amides is 1. The maximum Gasteiger partial charge on any atom is 0.238 e. The van der Waals surface area contributed by atoms with Crippen LogP contribution in [-0.4, -0.2) is 41.1 Å². The van der Waals surface area contributed by atoms with E-state index in [1.165, 1.54) is 19.3 Å². The Morgan fingerprint density at radius 1 is 1.57 bits per heavy atom. The van der Waals surface area contributed by atoms with Crippen LogP contribution in [0.4, 0.5) is 0 Å². The van der Waals surface area contributed by atoms with E-state index in [1.54, 1.807) is 0 Å². The van der Waals surface area contributed by atoms with Crippen LogP contribution in [0.25, 0.3) is 0 Å². The molecule has 4 heteroatoms. The van der Waals surface area contributed by atoms with Gasteiger partial charge in [0.25, 0.3) is 0 Å². The Bertz CT molecular complexity index is 227. The first kappa shape index (κ1) is 9.93. The average Bonchev–Trinajstić information content (AvgIpc) is 2.45. The van der Waals surface area contributed by atoms with Gasteiger partial charge in [0.05, 0.1) is 0 Å². The Balaban J connectivity index is 2.04. The third-order valence-corrected chi connectivity index (χ3v) is 3.36. The molecule has 1 aliphatic carbocycles. The summed E-state index contributed by atoms with van der Waals surface area (Å²) in [5, 5.41) is 4.13. The first-order chi connectivity index (χ1) is 6.74. The van der Waals surface area contributed by atoms with E-state index in [0.29, 0.717) is 25.0 Å². The van der Waals surface area contributed by atoms with Crippen molar-refractivity contribution in [1.29, 1.82) is 0 Å². The normalized spacial score (nSPS) is 26.7. The van der Waals surface area contributed by atoms with Gasteiger partial charge >= 0.3 is 0 Å². The summed E-state index contributed by atoms with van der Waals surface area (Å²) in [6, 6.07) is 0.765. The molecule has 1 atom stereocenters. The molecular formula is C10H19N3O. The lowest BCUT2D eigenvalue weighted by Gasteiger charge is -2.42. The SMILES string of the molecule is CC(CN)N1CCC(=O)N1C1CCC1. The van der Waals surface area contributed by atoms with Crippen molar-refractivity contribution in [2.75, 3.05) is 13.1 Å². The van der Waals surface area contributed by atoms with Crippen molar-refractivity contribution in [2.45, 2.75) is 44.7 Å². The summed E-state index contributed by atoms with van der Waals surface area (Å²) < 4.78 is 0. The van der Waals surface area contributed by atoms with Crippen LogP contribution in [0.5, 0.6) is 0 Å². The molecule has 0 bridgehead atoms. The smallest absolute Gasteiger partial charge is 0.238 e. The Morgan fingerprint density at radius 3 is 2.79 bits per heavy atom. The minimum Gasteiger partial charge on any atom is -0.329 e. The number of hydrogen-bond acceptors (Lipinski definition) is 3. The number of hydrogen-bond donors (Lipinski definition) is 1. The molecule has 80 valence electrons. The molecule has 1 saturated carbocycles. The molecule has 2 fully saturated rings.